The number of nitrogens with zero attached hydrogens (tertiary/aromatic N) is 2. The maximum Gasteiger partial charge on any atom is 0.303 e. The molecule has 2 aromatic rings. The predicted octanol–water partition coefficient (Wildman–Crippen LogP) is 1.74. The molecule has 0 aliphatic heterocycles. The van der Waals surface area contributed by atoms with Crippen LogP contribution in [0.5, 0.6) is 0 Å². The van der Waals surface area contributed by atoms with Crippen LogP contribution in [-0.4, -0.2) is 27.8 Å². The second kappa shape index (κ2) is 6.53. The summed E-state index contributed by atoms with van der Waals surface area (Å²) < 4.78 is 4.97. The van der Waals surface area contributed by atoms with Gasteiger partial charge in [-0.1, -0.05) is 23.4 Å². The van der Waals surface area contributed by atoms with Crippen molar-refractivity contribution in [2.45, 2.75) is 19.3 Å². The highest BCUT2D eigenvalue weighted by Gasteiger charge is 2.07. The van der Waals surface area contributed by atoms with E-state index in [1.807, 2.05) is 30.3 Å². The van der Waals surface area contributed by atoms with Crippen molar-refractivity contribution >= 4 is 11.7 Å². The zero-order valence-electron chi connectivity index (χ0n) is 10.4. The van der Waals surface area contributed by atoms with E-state index in [-0.39, 0.29) is 12.8 Å². The summed E-state index contributed by atoms with van der Waals surface area (Å²) in [6.45, 7) is 0.696. The van der Waals surface area contributed by atoms with Crippen LogP contribution >= 0.6 is 0 Å². The first-order valence-corrected chi connectivity index (χ1v) is 6.06. The van der Waals surface area contributed by atoms with Crippen LogP contribution in [0.4, 0.5) is 5.69 Å². The van der Waals surface area contributed by atoms with Gasteiger partial charge in [0.15, 0.2) is 5.82 Å². The van der Waals surface area contributed by atoms with Crippen LogP contribution in [0.2, 0.25) is 0 Å². The quantitative estimate of drug-likeness (QED) is 0.789. The Kier molecular flexibility index (Phi) is 4.49. The summed E-state index contributed by atoms with van der Waals surface area (Å²) in [5.41, 5.74) is 1.04. The van der Waals surface area contributed by atoms with Crippen LogP contribution in [-0.2, 0) is 17.6 Å². The van der Waals surface area contributed by atoms with Crippen LogP contribution < -0.4 is 5.32 Å². The molecule has 1 aromatic carbocycles. The van der Waals surface area contributed by atoms with Gasteiger partial charge >= 0.3 is 5.97 Å². The first kappa shape index (κ1) is 13.1. The molecule has 6 nitrogen and oxygen atoms in total. The average molecular weight is 261 g/mol. The van der Waals surface area contributed by atoms with E-state index < -0.39 is 5.97 Å². The van der Waals surface area contributed by atoms with Gasteiger partial charge in [0.25, 0.3) is 0 Å². The molecule has 0 amide bonds. The van der Waals surface area contributed by atoms with Gasteiger partial charge in [-0.2, -0.15) is 4.98 Å². The SMILES string of the molecule is O=C(O)CCc1nc(CCNc2ccccc2)no1. The number of carboxylic acids is 1. The first-order valence-electron chi connectivity index (χ1n) is 6.06. The van der Waals surface area contributed by atoms with Crippen molar-refractivity contribution in [3.05, 3.63) is 42.0 Å². The topological polar surface area (TPSA) is 88.2 Å². The van der Waals surface area contributed by atoms with E-state index in [2.05, 4.69) is 15.5 Å². The van der Waals surface area contributed by atoms with Crippen LogP contribution in [0.25, 0.3) is 0 Å². The molecule has 2 rings (SSSR count). The number of hydrogen-bond acceptors (Lipinski definition) is 5. The second-order valence-electron chi connectivity index (χ2n) is 4.04. The Hall–Kier alpha value is -2.37. The van der Waals surface area contributed by atoms with E-state index in [4.69, 9.17) is 9.63 Å². The van der Waals surface area contributed by atoms with E-state index in [0.717, 1.165) is 5.69 Å². The summed E-state index contributed by atoms with van der Waals surface area (Å²) in [6.07, 6.45) is 0.907. The third kappa shape index (κ3) is 4.42. The zero-order chi connectivity index (χ0) is 13.5. The lowest BCUT2D eigenvalue weighted by Gasteiger charge is -2.02. The van der Waals surface area contributed by atoms with Gasteiger partial charge < -0.3 is 14.9 Å². The molecule has 1 heterocycles. The number of carboxylic acid groups (broad SMARTS) is 1. The summed E-state index contributed by atoms with van der Waals surface area (Å²) in [6, 6.07) is 9.84. The Morgan fingerprint density at radius 1 is 1.26 bits per heavy atom. The van der Waals surface area contributed by atoms with Crippen molar-refractivity contribution in [2.24, 2.45) is 0 Å². The van der Waals surface area contributed by atoms with Crippen molar-refractivity contribution in [3.8, 4) is 0 Å². The van der Waals surface area contributed by atoms with Crippen LogP contribution in [0.1, 0.15) is 18.1 Å². The molecule has 6 heteroatoms. The Morgan fingerprint density at radius 2 is 2.05 bits per heavy atom. The van der Waals surface area contributed by atoms with Gasteiger partial charge in [-0.25, -0.2) is 0 Å². The molecule has 0 aliphatic carbocycles. The van der Waals surface area contributed by atoms with Crippen molar-refractivity contribution in [2.75, 3.05) is 11.9 Å². The molecule has 0 spiro atoms. The van der Waals surface area contributed by atoms with Gasteiger partial charge in [0.05, 0.1) is 6.42 Å². The van der Waals surface area contributed by atoms with Crippen LogP contribution in [0, 0.1) is 0 Å². The molecule has 0 radical (unpaired) electrons. The van der Waals surface area contributed by atoms with Crippen LogP contribution in [0.3, 0.4) is 0 Å². The number of para-hydroxylation sites is 1. The molecule has 0 aliphatic rings. The van der Waals surface area contributed by atoms with Crippen molar-refractivity contribution in [1.82, 2.24) is 10.1 Å². The van der Waals surface area contributed by atoms with Gasteiger partial charge in [-0.05, 0) is 12.1 Å². The van der Waals surface area contributed by atoms with Crippen molar-refractivity contribution in [1.29, 1.82) is 0 Å². The minimum Gasteiger partial charge on any atom is -0.481 e. The van der Waals surface area contributed by atoms with Gasteiger partial charge in [-0.15, -0.1) is 0 Å². The van der Waals surface area contributed by atoms with Gasteiger partial charge in [0.1, 0.15) is 0 Å². The molecule has 19 heavy (non-hydrogen) atoms. The number of aliphatic carboxylic acids is 1. The largest absolute Gasteiger partial charge is 0.481 e. The molecule has 1 aromatic heterocycles. The fraction of sp³-hybridized carbons (Fsp3) is 0.308. The van der Waals surface area contributed by atoms with E-state index in [0.29, 0.717) is 24.7 Å². The lowest BCUT2D eigenvalue weighted by Crippen LogP contribution is -2.05. The maximum atomic E-state index is 10.4. The number of anilines is 1. The molecular formula is C13H15N3O3. The molecule has 2 N–H and O–H groups in total. The number of hydrogen-bond donors (Lipinski definition) is 2. The minimum atomic E-state index is -0.870. The van der Waals surface area contributed by atoms with Crippen molar-refractivity contribution in [3.63, 3.8) is 0 Å². The third-order valence-electron chi connectivity index (χ3n) is 2.51. The average Bonchev–Trinajstić information content (AvgIpc) is 2.86. The molecule has 0 atom stereocenters. The van der Waals surface area contributed by atoms with E-state index >= 15 is 0 Å². The summed E-state index contributed by atoms with van der Waals surface area (Å²) in [4.78, 5) is 14.5. The Morgan fingerprint density at radius 3 is 2.79 bits per heavy atom. The van der Waals surface area contributed by atoms with Gasteiger partial charge in [0.2, 0.25) is 5.89 Å². The molecule has 0 saturated heterocycles. The first-order chi connectivity index (χ1) is 9.24. The molecule has 0 saturated carbocycles. The van der Waals surface area contributed by atoms with E-state index in [9.17, 15) is 4.79 Å². The fourth-order valence-electron chi connectivity index (χ4n) is 1.58. The minimum absolute atomic E-state index is 0.00387. The Labute approximate surface area is 110 Å². The highest BCUT2D eigenvalue weighted by Crippen LogP contribution is 2.06. The van der Waals surface area contributed by atoms with E-state index in [1.54, 1.807) is 0 Å². The highest BCUT2D eigenvalue weighted by atomic mass is 16.5. The highest BCUT2D eigenvalue weighted by molar-refractivity contribution is 5.66. The lowest BCUT2D eigenvalue weighted by atomic mass is 10.3. The molecular weight excluding hydrogens is 246 g/mol. The zero-order valence-corrected chi connectivity index (χ0v) is 10.4. The molecule has 0 bridgehead atoms. The number of benzene rings is 1. The maximum absolute atomic E-state index is 10.4. The molecule has 100 valence electrons. The lowest BCUT2D eigenvalue weighted by molar-refractivity contribution is -0.137. The number of aryl methyl sites for hydroxylation is 1. The standard InChI is InChI=1S/C13H15N3O3/c17-13(18)7-6-12-15-11(16-19-12)8-9-14-10-4-2-1-3-5-10/h1-5,14H,6-9H2,(H,17,18). The van der Waals surface area contributed by atoms with Crippen molar-refractivity contribution < 1.29 is 14.4 Å². The number of nitrogens with one attached hydrogen (secondary N) is 1. The summed E-state index contributed by atoms with van der Waals surface area (Å²) >= 11 is 0. The van der Waals surface area contributed by atoms with Gasteiger partial charge in [-0.3, -0.25) is 4.79 Å². The fourth-order valence-corrected chi connectivity index (χ4v) is 1.58. The third-order valence-corrected chi connectivity index (χ3v) is 2.51. The smallest absolute Gasteiger partial charge is 0.303 e. The molecule has 0 fully saturated rings. The summed E-state index contributed by atoms with van der Waals surface area (Å²) in [5, 5.41) is 15.6. The number of carbonyl (C=O) groups is 1. The Balaban J connectivity index is 1.76. The summed E-state index contributed by atoms with van der Waals surface area (Å²) in [5.74, 6) is 0.0893. The van der Waals surface area contributed by atoms with Crippen LogP contribution in [0.15, 0.2) is 34.9 Å². The Bertz CT molecular complexity index is 525. The molecule has 0 unspecified atom stereocenters. The van der Waals surface area contributed by atoms with Gasteiger partial charge in [0, 0.05) is 25.1 Å². The predicted molar refractivity (Wildman–Crippen MR) is 68.9 cm³/mol. The number of rotatable bonds is 7. The second-order valence-corrected chi connectivity index (χ2v) is 4.04. The normalized spacial score (nSPS) is 10.3. The summed E-state index contributed by atoms with van der Waals surface area (Å²) in [7, 11) is 0. The van der Waals surface area contributed by atoms with E-state index in [1.165, 1.54) is 0 Å². The monoisotopic (exact) mass is 261 g/mol. The number of aromatic nitrogens is 2.